The summed E-state index contributed by atoms with van der Waals surface area (Å²) in [7, 11) is 0. The summed E-state index contributed by atoms with van der Waals surface area (Å²) in [6.07, 6.45) is 1.28. The molecule has 2 aromatic carbocycles. The van der Waals surface area contributed by atoms with Crippen molar-refractivity contribution < 1.29 is 14.3 Å². The number of ether oxygens (including phenoxy) is 2. The number of nitrogens with one attached hydrogen (secondary N) is 1. The number of fused-ring (bicyclic) bond motifs is 1. The first-order valence-electron chi connectivity index (χ1n) is 12.9. The molecule has 2 heterocycles. The third-order valence-electron chi connectivity index (χ3n) is 6.81. The maximum atomic E-state index is 13.5. The minimum atomic E-state index is -0.377. The summed E-state index contributed by atoms with van der Waals surface area (Å²) in [5.41, 5.74) is 4.83. The molecule has 0 saturated heterocycles. The molecule has 0 amide bonds. The number of carbonyl (C=O) groups excluding carboxylic acids is 1. The second-order valence-electron chi connectivity index (χ2n) is 10.3. The van der Waals surface area contributed by atoms with Crippen LogP contribution in [0.1, 0.15) is 63.3 Å². The topological polar surface area (TPSA) is 78.3 Å². The lowest BCUT2D eigenvalue weighted by molar-refractivity contribution is -0.118. The number of rotatable bonds is 8. The van der Waals surface area contributed by atoms with Crippen molar-refractivity contribution in [1.29, 1.82) is 0 Å². The van der Waals surface area contributed by atoms with Gasteiger partial charge in [-0.1, -0.05) is 62.9 Å². The van der Waals surface area contributed by atoms with Crippen LogP contribution in [0.3, 0.4) is 0 Å². The number of hydrogen-bond donors (Lipinski definition) is 1. The van der Waals surface area contributed by atoms with Crippen LogP contribution < -0.4 is 14.8 Å². The molecule has 0 saturated carbocycles. The normalized spacial score (nSPS) is 18.2. The summed E-state index contributed by atoms with van der Waals surface area (Å²) in [6, 6.07) is 13.8. The monoisotopic (exact) mass is 518 g/mol. The smallest absolute Gasteiger partial charge is 0.227 e. The molecule has 0 radical (unpaired) electrons. The van der Waals surface area contributed by atoms with E-state index >= 15 is 0 Å². The number of ketones is 1. The number of allylic oxidation sites excluding steroid dienone is 2. The number of thioether (sulfide) groups is 1. The highest BCUT2D eigenvalue weighted by Crippen LogP contribution is 2.46. The van der Waals surface area contributed by atoms with Gasteiger partial charge >= 0.3 is 0 Å². The van der Waals surface area contributed by atoms with Crippen molar-refractivity contribution >= 4 is 23.5 Å². The Balaban J connectivity index is 1.55. The molecule has 1 unspecified atom stereocenters. The first kappa shape index (κ1) is 25.4. The molecule has 1 aliphatic carbocycles. The zero-order valence-electron chi connectivity index (χ0n) is 22.1. The van der Waals surface area contributed by atoms with Crippen LogP contribution in [0.2, 0.25) is 0 Å². The molecule has 194 valence electrons. The molecule has 1 atom stereocenters. The molecule has 3 aromatic rings. The Hall–Kier alpha value is -3.26. The van der Waals surface area contributed by atoms with Gasteiger partial charge in [-0.15, -0.1) is 5.10 Å². The second-order valence-corrected chi connectivity index (χ2v) is 11.5. The number of Topliss-reactive ketones (excluding diaryl/α,β-unsaturated/α-hetero) is 1. The first-order chi connectivity index (χ1) is 17.8. The SMILES string of the molecule is CCOc1cc(C2C3=C(CC(C)(C)CC3=O)Nc3nc(SCC)nn32)ccc1OCc1ccccc1C. The van der Waals surface area contributed by atoms with E-state index in [1.165, 1.54) is 5.56 Å². The molecule has 0 bridgehead atoms. The van der Waals surface area contributed by atoms with E-state index in [1.807, 2.05) is 41.9 Å². The molecule has 0 spiro atoms. The fraction of sp³-hybridized carbons (Fsp3) is 0.414. The van der Waals surface area contributed by atoms with E-state index in [0.717, 1.165) is 34.6 Å². The molecular formula is C29H34N4O3S. The Kier molecular flexibility index (Phi) is 7.03. The molecule has 1 aliphatic heterocycles. The van der Waals surface area contributed by atoms with Gasteiger partial charge in [0.2, 0.25) is 11.1 Å². The lowest BCUT2D eigenvalue weighted by atomic mass is 9.73. The van der Waals surface area contributed by atoms with Crippen molar-refractivity contribution in [2.75, 3.05) is 17.7 Å². The lowest BCUT2D eigenvalue weighted by Gasteiger charge is -2.38. The maximum absolute atomic E-state index is 13.5. The Bertz CT molecular complexity index is 1360. The van der Waals surface area contributed by atoms with Gasteiger partial charge in [-0.2, -0.15) is 4.98 Å². The maximum Gasteiger partial charge on any atom is 0.227 e. The quantitative estimate of drug-likeness (QED) is 0.349. The van der Waals surface area contributed by atoms with Gasteiger partial charge in [0.1, 0.15) is 12.6 Å². The highest BCUT2D eigenvalue weighted by Gasteiger charge is 2.42. The summed E-state index contributed by atoms with van der Waals surface area (Å²) in [5, 5.41) is 8.93. The van der Waals surface area contributed by atoms with E-state index in [2.05, 4.69) is 45.1 Å². The number of hydrogen-bond acceptors (Lipinski definition) is 7. The van der Waals surface area contributed by atoms with E-state index in [0.29, 0.717) is 42.2 Å². The highest BCUT2D eigenvalue weighted by molar-refractivity contribution is 7.99. The summed E-state index contributed by atoms with van der Waals surface area (Å²) < 4.78 is 14.1. The molecular weight excluding hydrogens is 484 g/mol. The Morgan fingerprint density at radius 3 is 2.68 bits per heavy atom. The van der Waals surface area contributed by atoms with Gasteiger partial charge in [-0.05, 0) is 60.3 Å². The van der Waals surface area contributed by atoms with Crippen LogP contribution in [0.5, 0.6) is 11.5 Å². The predicted molar refractivity (Wildman–Crippen MR) is 146 cm³/mol. The molecule has 8 heteroatoms. The Morgan fingerprint density at radius 1 is 1.11 bits per heavy atom. The molecule has 2 aliphatic rings. The van der Waals surface area contributed by atoms with Crippen LogP contribution in [0, 0.1) is 12.3 Å². The molecule has 37 heavy (non-hydrogen) atoms. The number of nitrogens with zero attached hydrogens (tertiary/aromatic N) is 3. The number of anilines is 1. The van der Waals surface area contributed by atoms with E-state index in [1.54, 1.807) is 11.8 Å². The summed E-state index contributed by atoms with van der Waals surface area (Å²) in [4.78, 5) is 18.2. The Morgan fingerprint density at radius 2 is 1.92 bits per heavy atom. The Labute approximate surface area is 222 Å². The lowest BCUT2D eigenvalue weighted by Crippen LogP contribution is -2.36. The number of aryl methyl sites for hydroxylation is 1. The summed E-state index contributed by atoms with van der Waals surface area (Å²) in [6.45, 7) is 11.3. The zero-order chi connectivity index (χ0) is 26.2. The summed E-state index contributed by atoms with van der Waals surface area (Å²) >= 11 is 1.59. The van der Waals surface area contributed by atoms with E-state index in [9.17, 15) is 4.79 Å². The standard InChI is InChI=1S/C29H34N4O3S/c1-6-35-24-14-19(12-13-23(24)36-17-20-11-9-8-10-18(20)3)26-25-21(15-29(4,5)16-22(25)34)30-27-31-28(37-7-2)32-33(26)27/h8-14,26H,6-7,15-17H2,1-5H3,(H,30,31,32). The highest BCUT2D eigenvalue weighted by atomic mass is 32.2. The van der Waals surface area contributed by atoms with Crippen LogP contribution >= 0.6 is 11.8 Å². The van der Waals surface area contributed by atoms with E-state index in [-0.39, 0.29) is 17.2 Å². The number of benzene rings is 2. The van der Waals surface area contributed by atoms with Gasteiger partial charge in [-0.25, -0.2) is 4.68 Å². The van der Waals surface area contributed by atoms with Gasteiger partial charge in [0.25, 0.3) is 0 Å². The molecule has 1 N–H and O–H groups in total. The predicted octanol–water partition coefficient (Wildman–Crippen LogP) is 6.33. The zero-order valence-corrected chi connectivity index (χ0v) is 22.9. The van der Waals surface area contributed by atoms with Crippen molar-refractivity contribution in [1.82, 2.24) is 14.8 Å². The van der Waals surface area contributed by atoms with Crippen LogP contribution in [-0.4, -0.2) is 32.9 Å². The second kappa shape index (κ2) is 10.2. The average molecular weight is 519 g/mol. The number of carbonyl (C=O) groups is 1. The van der Waals surface area contributed by atoms with Gasteiger partial charge < -0.3 is 14.8 Å². The van der Waals surface area contributed by atoms with Crippen LogP contribution in [0.15, 0.2) is 58.9 Å². The van der Waals surface area contributed by atoms with Crippen molar-refractivity contribution in [3.63, 3.8) is 0 Å². The third-order valence-corrected chi connectivity index (χ3v) is 7.53. The molecule has 1 aromatic heterocycles. The minimum Gasteiger partial charge on any atom is -0.490 e. The van der Waals surface area contributed by atoms with Gasteiger partial charge in [0.15, 0.2) is 17.3 Å². The fourth-order valence-electron chi connectivity index (χ4n) is 5.10. The van der Waals surface area contributed by atoms with E-state index in [4.69, 9.17) is 19.6 Å². The third kappa shape index (κ3) is 5.12. The fourth-order valence-corrected chi connectivity index (χ4v) is 5.65. The van der Waals surface area contributed by atoms with Crippen molar-refractivity contribution in [2.45, 2.75) is 65.3 Å². The average Bonchev–Trinajstić information content (AvgIpc) is 3.24. The minimum absolute atomic E-state index is 0.111. The van der Waals surface area contributed by atoms with E-state index < -0.39 is 0 Å². The van der Waals surface area contributed by atoms with Crippen molar-refractivity contribution in [2.24, 2.45) is 5.41 Å². The van der Waals surface area contributed by atoms with Crippen LogP contribution in [0.4, 0.5) is 5.95 Å². The molecule has 7 nitrogen and oxygen atoms in total. The van der Waals surface area contributed by atoms with Crippen LogP contribution in [-0.2, 0) is 11.4 Å². The van der Waals surface area contributed by atoms with Crippen molar-refractivity contribution in [3.05, 3.63) is 70.4 Å². The molecule has 0 fully saturated rings. The van der Waals surface area contributed by atoms with Crippen molar-refractivity contribution in [3.8, 4) is 11.5 Å². The van der Waals surface area contributed by atoms with Gasteiger partial charge in [0.05, 0.1) is 6.61 Å². The van der Waals surface area contributed by atoms with Gasteiger partial charge in [-0.3, -0.25) is 4.79 Å². The molecule has 5 rings (SSSR count). The number of aromatic nitrogens is 3. The first-order valence-corrected chi connectivity index (χ1v) is 13.8. The summed E-state index contributed by atoms with van der Waals surface area (Å²) in [5.74, 6) is 3.02. The van der Waals surface area contributed by atoms with Crippen LogP contribution in [0.25, 0.3) is 0 Å². The van der Waals surface area contributed by atoms with Gasteiger partial charge in [0, 0.05) is 17.7 Å². The largest absolute Gasteiger partial charge is 0.490 e.